The Bertz CT molecular complexity index is 1080. The van der Waals surface area contributed by atoms with Gasteiger partial charge < -0.3 is 9.47 Å². The molecule has 3 aromatic carbocycles. The zero-order valence-corrected chi connectivity index (χ0v) is 15.1. The Kier molecular flexibility index (Phi) is 5.24. The molecule has 0 saturated carbocycles. The van der Waals surface area contributed by atoms with Crippen LogP contribution in [-0.4, -0.2) is 15.9 Å². The molecule has 0 fully saturated rings. The van der Waals surface area contributed by atoms with E-state index in [9.17, 15) is 4.79 Å². The zero-order valence-electron chi connectivity index (χ0n) is 15.1. The van der Waals surface area contributed by atoms with Crippen molar-refractivity contribution < 1.29 is 14.3 Å². The lowest BCUT2D eigenvalue weighted by Gasteiger charge is -2.11. The molecule has 0 N–H and O–H groups in total. The predicted octanol–water partition coefficient (Wildman–Crippen LogP) is 4.57. The number of esters is 1. The summed E-state index contributed by atoms with van der Waals surface area (Å²) in [6.07, 6.45) is 0. The molecular weight excluding hydrogens is 352 g/mol. The fourth-order valence-electron chi connectivity index (χ4n) is 2.73. The van der Waals surface area contributed by atoms with Gasteiger partial charge in [0.05, 0.1) is 11.0 Å². The van der Waals surface area contributed by atoms with Crippen molar-refractivity contribution in [3.05, 3.63) is 102 Å². The van der Waals surface area contributed by atoms with E-state index in [4.69, 9.17) is 9.47 Å². The van der Waals surface area contributed by atoms with E-state index in [0.29, 0.717) is 11.0 Å². The highest BCUT2D eigenvalue weighted by atomic mass is 16.5. The first kappa shape index (κ1) is 17.7. The van der Waals surface area contributed by atoms with Gasteiger partial charge in [-0.25, -0.2) is 14.8 Å². The van der Waals surface area contributed by atoms with E-state index in [-0.39, 0.29) is 24.8 Å². The highest BCUT2D eigenvalue weighted by Crippen LogP contribution is 2.21. The SMILES string of the molecule is O=C(OCc1ccccc1)c1nc2ccccc2nc1OCc1ccccc1. The summed E-state index contributed by atoms with van der Waals surface area (Å²) in [5.41, 5.74) is 3.22. The third-order valence-electron chi connectivity index (χ3n) is 4.16. The molecule has 0 amide bonds. The van der Waals surface area contributed by atoms with E-state index in [2.05, 4.69) is 9.97 Å². The largest absolute Gasteiger partial charge is 0.471 e. The maximum absolute atomic E-state index is 12.7. The molecule has 0 bridgehead atoms. The summed E-state index contributed by atoms with van der Waals surface area (Å²) in [5, 5.41) is 0. The Labute approximate surface area is 162 Å². The Balaban J connectivity index is 1.59. The molecule has 1 heterocycles. The molecule has 0 aliphatic heterocycles. The van der Waals surface area contributed by atoms with Crippen molar-refractivity contribution in [3.8, 4) is 5.88 Å². The van der Waals surface area contributed by atoms with Gasteiger partial charge in [0.1, 0.15) is 13.2 Å². The van der Waals surface area contributed by atoms with Crippen LogP contribution in [0, 0.1) is 0 Å². The third-order valence-corrected chi connectivity index (χ3v) is 4.16. The predicted molar refractivity (Wildman–Crippen MR) is 106 cm³/mol. The van der Waals surface area contributed by atoms with Crippen LogP contribution in [-0.2, 0) is 18.0 Å². The Morgan fingerprint density at radius 3 is 1.86 bits per heavy atom. The molecule has 5 heteroatoms. The molecule has 0 radical (unpaired) electrons. The van der Waals surface area contributed by atoms with Gasteiger partial charge in [0.25, 0.3) is 0 Å². The van der Waals surface area contributed by atoms with Gasteiger partial charge >= 0.3 is 5.97 Å². The van der Waals surface area contributed by atoms with Crippen LogP contribution in [0.2, 0.25) is 0 Å². The van der Waals surface area contributed by atoms with E-state index in [0.717, 1.165) is 11.1 Å². The first-order chi connectivity index (χ1) is 13.8. The molecule has 0 atom stereocenters. The number of rotatable bonds is 6. The normalized spacial score (nSPS) is 10.6. The van der Waals surface area contributed by atoms with Crippen LogP contribution in [0.15, 0.2) is 84.9 Å². The lowest BCUT2D eigenvalue weighted by Crippen LogP contribution is -2.12. The molecule has 4 aromatic rings. The van der Waals surface area contributed by atoms with Crippen LogP contribution in [0.4, 0.5) is 0 Å². The molecule has 4 rings (SSSR count). The number of para-hydroxylation sites is 2. The van der Waals surface area contributed by atoms with Crippen molar-refractivity contribution in [2.75, 3.05) is 0 Å². The molecule has 1 aromatic heterocycles. The second-order valence-corrected chi connectivity index (χ2v) is 6.20. The molecule has 0 aliphatic rings. The number of aromatic nitrogens is 2. The number of carbonyl (C=O) groups excluding carboxylic acids is 1. The number of nitrogens with zero attached hydrogens (tertiary/aromatic N) is 2. The topological polar surface area (TPSA) is 61.3 Å². The van der Waals surface area contributed by atoms with Gasteiger partial charge in [-0.15, -0.1) is 0 Å². The summed E-state index contributed by atoms with van der Waals surface area (Å²) in [7, 11) is 0. The van der Waals surface area contributed by atoms with E-state index in [1.165, 1.54) is 0 Å². The molecule has 0 spiro atoms. The Hall–Kier alpha value is -3.73. The van der Waals surface area contributed by atoms with Crippen molar-refractivity contribution in [1.82, 2.24) is 9.97 Å². The molecule has 28 heavy (non-hydrogen) atoms. The van der Waals surface area contributed by atoms with Gasteiger partial charge in [-0.05, 0) is 23.3 Å². The second kappa shape index (κ2) is 8.31. The summed E-state index contributed by atoms with van der Waals surface area (Å²) < 4.78 is 11.3. The average molecular weight is 370 g/mol. The highest BCUT2D eigenvalue weighted by molar-refractivity contribution is 5.92. The van der Waals surface area contributed by atoms with E-state index < -0.39 is 5.97 Å². The van der Waals surface area contributed by atoms with Gasteiger partial charge in [0.2, 0.25) is 11.6 Å². The molecular formula is C23H18N2O3. The monoisotopic (exact) mass is 370 g/mol. The van der Waals surface area contributed by atoms with Crippen LogP contribution >= 0.6 is 0 Å². The number of benzene rings is 3. The number of hydrogen-bond donors (Lipinski definition) is 0. The highest BCUT2D eigenvalue weighted by Gasteiger charge is 2.19. The van der Waals surface area contributed by atoms with Crippen molar-refractivity contribution in [2.24, 2.45) is 0 Å². The van der Waals surface area contributed by atoms with Gasteiger partial charge in [0.15, 0.2) is 0 Å². The first-order valence-corrected chi connectivity index (χ1v) is 8.94. The third kappa shape index (κ3) is 4.15. The summed E-state index contributed by atoms with van der Waals surface area (Å²) in [5.74, 6) is -0.397. The summed E-state index contributed by atoms with van der Waals surface area (Å²) in [6, 6.07) is 26.5. The minimum atomic E-state index is -0.565. The minimum Gasteiger partial charge on any atom is -0.471 e. The number of hydrogen-bond acceptors (Lipinski definition) is 5. The number of carbonyl (C=O) groups is 1. The zero-order chi connectivity index (χ0) is 19.2. The molecule has 5 nitrogen and oxygen atoms in total. The molecule has 138 valence electrons. The quantitative estimate of drug-likeness (QED) is 0.466. The van der Waals surface area contributed by atoms with Gasteiger partial charge in [-0.2, -0.15) is 0 Å². The van der Waals surface area contributed by atoms with Crippen LogP contribution in [0.3, 0.4) is 0 Å². The molecule has 0 aliphatic carbocycles. The maximum Gasteiger partial charge on any atom is 0.362 e. The van der Waals surface area contributed by atoms with Crippen molar-refractivity contribution in [2.45, 2.75) is 13.2 Å². The number of fused-ring (bicyclic) bond motifs is 1. The standard InChI is InChI=1S/C23H18N2O3/c26-23(28-16-18-11-5-2-6-12-18)21-22(27-15-17-9-3-1-4-10-17)25-20-14-8-7-13-19(20)24-21/h1-14H,15-16H2. The molecule has 0 saturated heterocycles. The lowest BCUT2D eigenvalue weighted by molar-refractivity contribution is 0.0459. The van der Waals surface area contributed by atoms with Crippen molar-refractivity contribution in [1.29, 1.82) is 0 Å². The van der Waals surface area contributed by atoms with Crippen LogP contribution in [0.25, 0.3) is 11.0 Å². The van der Waals surface area contributed by atoms with Crippen LogP contribution < -0.4 is 4.74 Å². The fourth-order valence-corrected chi connectivity index (χ4v) is 2.73. The summed E-state index contributed by atoms with van der Waals surface area (Å²) >= 11 is 0. The average Bonchev–Trinajstić information content (AvgIpc) is 2.77. The van der Waals surface area contributed by atoms with E-state index >= 15 is 0 Å². The van der Waals surface area contributed by atoms with Crippen LogP contribution in [0.5, 0.6) is 5.88 Å². The fraction of sp³-hybridized carbons (Fsp3) is 0.0870. The Morgan fingerprint density at radius 1 is 0.679 bits per heavy atom. The Morgan fingerprint density at radius 2 is 1.21 bits per heavy atom. The van der Waals surface area contributed by atoms with E-state index in [1.807, 2.05) is 78.9 Å². The smallest absolute Gasteiger partial charge is 0.362 e. The van der Waals surface area contributed by atoms with E-state index in [1.54, 1.807) is 6.07 Å². The maximum atomic E-state index is 12.7. The van der Waals surface area contributed by atoms with Gasteiger partial charge in [-0.3, -0.25) is 0 Å². The first-order valence-electron chi connectivity index (χ1n) is 8.94. The summed E-state index contributed by atoms with van der Waals surface area (Å²) in [4.78, 5) is 21.6. The summed E-state index contributed by atoms with van der Waals surface area (Å²) in [6.45, 7) is 0.444. The van der Waals surface area contributed by atoms with Crippen molar-refractivity contribution in [3.63, 3.8) is 0 Å². The van der Waals surface area contributed by atoms with Crippen molar-refractivity contribution >= 4 is 17.0 Å². The van der Waals surface area contributed by atoms with Gasteiger partial charge in [-0.1, -0.05) is 72.8 Å². The van der Waals surface area contributed by atoms with Crippen LogP contribution in [0.1, 0.15) is 21.6 Å². The molecule has 0 unspecified atom stereocenters. The lowest BCUT2D eigenvalue weighted by atomic mass is 10.2. The minimum absolute atomic E-state index is 0.0746. The van der Waals surface area contributed by atoms with Gasteiger partial charge in [0, 0.05) is 0 Å². The number of ether oxygens (including phenoxy) is 2. The second-order valence-electron chi connectivity index (χ2n) is 6.20.